The minimum Gasteiger partial charge on any atom is -0.173 e. The minimum atomic E-state index is -3.67. The molecule has 0 heterocycles. The van der Waals surface area contributed by atoms with Crippen LogP contribution in [0, 0.1) is 5.92 Å². The first-order chi connectivity index (χ1) is 3.58. The number of alkyl halides is 2. The minimum absolute atomic E-state index is 0.0301. The molecule has 1 saturated carbocycles. The van der Waals surface area contributed by atoms with E-state index in [0.29, 0.717) is 0 Å². The van der Waals surface area contributed by atoms with Gasteiger partial charge in [0.25, 0.3) is 0 Å². The van der Waals surface area contributed by atoms with Gasteiger partial charge >= 0.3 is 6.11 Å². The van der Waals surface area contributed by atoms with Gasteiger partial charge in [-0.1, -0.05) is 0 Å². The summed E-state index contributed by atoms with van der Waals surface area (Å²) < 4.78 is 22.9. The predicted molar refractivity (Wildman–Crippen MR) is 23.0 cm³/mol. The fourth-order valence-corrected chi connectivity index (χ4v) is 0.658. The molecule has 1 aliphatic rings. The standard InChI is InChI=1S/C5H7F2O/c6-5(7,8)3-4-1-2-4/h4H,1-3H2. The van der Waals surface area contributed by atoms with Gasteiger partial charge in [0, 0.05) is 6.42 Å². The number of hydrogen-bond acceptors (Lipinski definition) is 0. The zero-order valence-electron chi connectivity index (χ0n) is 4.36. The van der Waals surface area contributed by atoms with Crippen molar-refractivity contribution < 1.29 is 13.9 Å². The topological polar surface area (TPSA) is 19.9 Å². The third-order valence-electron chi connectivity index (χ3n) is 1.22. The molecule has 0 bridgehead atoms. The van der Waals surface area contributed by atoms with Crippen molar-refractivity contribution in [1.82, 2.24) is 0 Å². The van der Waals surface area contributed by atoms with Gasteiger partial charge in [0.15, 0.2) is 0 Å². The van der Waals surface area contributed by atoms with Crippen molar-refractivity contribution in [2.24, 2.45) is 5.92 Å². The Morgan fingerprint density at radius 2 is 2.00 bits per heavy atom. The van der Waals surface area contributed by atoms with Crippen molar-refractivity contribution in [2.75, 3.05) is 0 Å². The van der Waals surface area contributed by atoms with E-state index >= 15 is 0 Å². The number of rotatable bonds is 2. The first-order valence-electron chi connectivity index (χ1n) is 2.66. The van der Waals surface area contributed by atoms with Gasteiger partial charge in [-0.25, -0.2) is 0 Å². The van der Waals surface area contributed by atoms with Crippen LogP contribution < -0.4 is 0 Å². The van der Waals surface area contributed by atoms with Crippen LogP contribution in [0.5, 0.6) is 0 Å². The molecular formula is C5H7F2O. The maximum Gasteiger partial charge on any atom is 0.381 e. The van der Waals surface area contributed by atoms with Gasteiger partial charge in [-0.3, -0.25) is 0 Å². The fourth-order valence-electron chi connectivity index (χ4n) is 0.658. The molecule has 1 radical (unpaired) electrons. The summed E-state index contributed by atoms with van der Waals surface area (Å²) in [4.78, 5) is 0. The SMILES string of the molecule is [O]C(F)(F)CC1CC1. The summed E-state index contributed by atoms with van der Waals surface area (Å²) in [5, 5.41) is 9.62. The molecule has 1 aliphatic carbocycles. The molecule has 0 amide bonds. The van der Waals surface area contributed by atoms with Crippen LogP contribution in [-0.2, 0) is 5.11 Å². The summed E-state index contributed by atoms with van der Waals surface area (Å²) in [6.45, 7) is 0. The summed E-state index contributed by atoms with van der Waals surface area (Å²) in [5.74, 6) is 0.0301. The van der Waals surface area contributed by atoms with Crippen LogP contribution in [0.2, 0.25) is 0 Å². The largest absolute Gasteiger partial charge is 0.381 e. The molecule has 0 aliphatic heterocycles. The molecule has 8 heavy (non-hydrogen) atoms. The predicted octanol–water partition coefficient (Wildman–Crippen LogP) is 1.81. The Morgan fingerprint density at radius 3 is 2.12 bits per heavy atom. The average molecular weight is 121 g/mol. The van der Waals surface area contributed by atoms with Crippen LogP contribution in [0.3, 0.4) is 0 Å². The van der Waals surface area contributed by atoms with E-state index in [1.165, 1.54) is 0 Å². The summed E-state index contributed by atoms with van der Waals surface area (Å²) in [6, 6.07) is 0. The van der Waals surface area contributed by atoms with E-state index in [1.54, 1.807) is 0 Å². The van der Waals surface area contributed by atoms with Gasteiger partial charge in [0.1, 0.15) is 0 Å². The third kappa shape index (κ3) is 2.21. The van der Waals surface area contributed by atoms with Crippen LogP contribution in [-0.4, -0.2) is 6.11 Å². The molecule has 47 valence electrons. The Hall–Kier alpha value is -0.180. The van der Waals surface area contributed by atoms with E-state index in [-0.39, 0.29) is 5.92 Å². The molecule has 0 N–H and O–H groups in total. The number of hydrogen-bond donors (Lipinski definition) is 0. The van der Waals surface area contributed by atoms with Crippen molar-refractivity contribution in [3.63, 3.8) is 0 Å². The second kappa shape index (κ2) is 1.65. The van der Waals surface area contributed by atoms with Gasteiger partial charge in [-0.15, -0.1) is 0 Å². The first-order valence-corrected chi connectivity index (χ1v) is 2.66. The molecule has 0 atom stereocenters. The number of halogens is 2. The lowest BCUT2D eigenvalue weighted by Crippen LogP contribution is -2.12. The highest BCUT2D eigenvalue weighted by atomic mass is 19.3. The van der Waals surface area contributed by atoms with E-state index < -0.39 is 12.5 Å². The van der Waals surface area contributed by atoms with E-state index in [0.717, 1.165) is 12.8 Å². The lowest BCUT2D eigenvalue weighted by molar-refractivity contribution is -0.247. The molecule has 1 fully saturated rings. The van der Waals surface area contributed by atoms with Crippen LogP contribution in [0.25, 0.3) is 0 Å². The lowest BCUT2D eigenvalue weighted by atomic mass is 10.3. The maximum atomic E-state index is 11.5. The van der Waals surface area contributed by atoms with Crippen LogP contribution >= 0.6 is 0 Å². The zero-order valence-corrected chi connectivity index (χ0v) is 4.36. The molecule has 0 spiro atoms. The molecule has 1 rings (SSSR count). The van der Waals surface area contributed by atoms with Crippen molar-refractivity contribution in [1.29, 1.82) is 0 Å². The van der Waals surface area contributed by atoms with Crippen LogP contribution in [0.4, 0.5) is 8.78 Å². The Balaban J connectivity index is 2.16. The van der Waals surface area contributed by atoms with Crippen LogP contribution in [0.1, 0.15) is 19.3 Å². The molecule has 0 aromatic carbocycles. The molecule has 3 heteroatoms. The average Bonchev–Trinajstić information content (AvgIpc) is 2.12. The van der Waals surface area contributed by atoms with Gasteiger partial charge in [0.05, 0.1) is 0 Å². The van der Waals surface area contributed by atoms with E-state index in [2.05, 4.69) is 0 Å². The second-order valence-corrected chi connectivity index (χ2v) is 2.28. The fraction of sp³-hybridized carbons (Fsp3) is 1.00. The Bertz CT molecular complexity index is 82.9. The lowest BCUT2D eigenvalue weighted by Gasteiger charge is -2.01. The van der Waals surface area contributed by atoms with Crippen molar-refractivity contribution >= 4 is 0 Å². The normalized spacial score (nSPS) is 21.4. The quantitative estimate of drug-likeness (QED) is 0.531. The summed E-state index contributed by atoms with van der Waals surface area (Å²) in [6.07, 6.45) is -2.48. The van der Waals surface area contributed by atoms with Gasteiger partial charge in [-0.05, 0) is 18.8 Å². The highest BCUT2D eigenvalue weighted by Gasteiger charge is 2.36. The van der Waals surface area contributed by atoms with Crippen LogP contribution in [0.15, 0.2) is 0 Å². The van der Waals surface area contributed by atoms with E-state index in [4.69, 9.17) is 0 Å². The Morgan fingerprint density at radius 1 is 1.50 bits per heavy atom. The van der Waals surface area contributed by atoms with Gasteiger partial charge < -0.3 is 0 Å². The Kier molecular flexibility index (Phi) is 1.23. The third-order valence-corrected chi connectivity index (χ3v) is 1.22. The highest BCUT2D eigenvalue weighted by Crippen LogP contribution is 2.37. The summed E-state index contributed by atoms with van der Waals surface area (Å²) in [7, 11) is 0. The van der Waals surface area contributed by atoms with Gasteiger partial charge in [0.2, 0.25) is 0 Å². The summed E-state index contributed by atoms with van der Waals surface area (Å²) >= 11 is 0. The van der Waals surface area contributed by atoms with Crippen molar-refractivity contribution in [2.45, 2.75) is 25.4 Å². The monoisotopic (exact) mass is 121 g/mol. The molecule has 1 nitrogen and oxygen atoms in total. The van der Waals surface area contributed by atoms with Crippen molar-refractivity contribution in [3.8, 4) is 0 Å². The molecule has 0 aromatic heterocycles. The first kappa shape index (κ1) is 5.95. The zero-order chi connectivity index (χ0) is 6.20. The van der Waals surface area contributed by atoms with Crippen molar-refractivity contribution in [3.05, 3.63) is 0 Å². The molecule has 0 saturated heterocycles. The van der Waals surface area contributed by atoms with E-state index in [1.807, 2.05) is 0 Å². The smallest absolute Gasteiger partial charge is 0.173 e. The highest BCUT2D eigenvalue weighted by molar-refractivity contribution is 4.75. The molecular weight excluding hydrogens is 114 g/mol. The summed E-state index contributed by atoms with van der Waals surface area (Å²) in [5.41, 5.74) is 0. The molecule has 0 unspecified atom stereocenters. The van der Waals surface area contributed by atoms with Gasteiger partial charge in [-0.2, -0.15) is 13.9 Å². The van der Waals surface area contributed by atoms with E-state index in [9.17, 15) is 13.9 Å². The maximum absolute atomic E-state index is 11.5. The second-order valence-electron chi connectivity index (χ2n) is 2.28. The Labute approximate surface area is 46.3 Å². The molecule has 0 aromatic rings.